The molecule has 43 heavy (non-hydrogen) atoms. The molecule has 3 rings (SSSR count). The molecule has 0 aliphatic carbocycles. The molecule has 0 aliphatic rings. The molecule has 234 valence electrons. The van der Waals surface area contributed by atoms with E-state index in [9.17, 15) is 18.3 Å². The molecule has 1 heterocycles. The summed E-state index contributed by atoms with van der Waals surface area (Å²) >= 11 is 1.26. The highest BCUT2D eigenvalue weighted by molar-refractivity contribution is 7.90. The zero-order valence-electron chi connectivity index (χ0n) is 24.7. The molecule has 14 heteroatoms. The van der Waals surface area contributed by atoms with E-state index in [0.29, 0.717) is 46.9 Å². The van der Waals surface area contributed by atoms with Gasteiger partial charge in [-0.1, -0.05) is 30.3 Å². The number of ether oxygens (including phenoxy) is 2. The van der Waals surface area contributed by atoms with Gasteiger partial charge in [-0.25, -0.2) is 18.1 Å². The number of hydrogen-bond donors (Lipinski definition) is 5. The lowest BCUT2D eigenvalue weighted by molar-refractivity contribution is -0.125. The first kappa shape index (κ1) is 33.9. The number of nitrogens with two attached hydrogens (primary N) is 2. The summed E-state index contributed by atoms with van der Waals surface area (Å²) in [6.45, 7) is 5.61. The van der Waals surface area contributed by atoms with Crippen LogP contribution >= 0.6 is 11.3 Å². The van der Waals surface area contributed by atoms with Crippen molar-refractivity contribution in [3.05, 3.63) is 75.2 Å². The van der Waals surface area contributed by atoms with Crippen molar-refractivity contribution in [2.45, 2.75) is 63.3 Å². The fourth-order valence-corrected chi connectivity index (χ4v) is 6.65. The van der Waals surface area contributed by atoms with E-state index in [2.05, 4.69) is 20.0 Å². The highest BCUT2D eigenvalue weighted by Gasteiger charge is 2.27. The van der Waals surface area contributed by atoms with Crippen LogP contribution in [0.4, 0.5) is 0 Å². The van der Waals surface area contributed by atoms with E-state index in [0.717, 1.165) is 5.56 Å². The summed E-state index contributed by atoms with van der Waals surface area (Å²) in [6.07, 6.45) is 1.15. The molecule has 3 atom stereocenters. The summed E-state index contributed by atoms with van der Waals surface area (Å²) < 4.78 is 39.5. The van der Waals surface area contributed by atoms with Gasteiger partial charge < -0.3 is 31.4 Å². The molecule has 0 radical (unpaired) electrons. The van der Waals surface area contributed by atoms with E-state index < -0.39 is 34.1 Å². The maximum absolute atomic E-state index is 13.1. The largest absolute Gasteiger partial charge is 0.496 e. The van der Waals surface area contributed by atoms with Crippen LogP contribution in [0.25, 0.3) is 0 Å². The van der Waals surface area contributed by atoms with Gasteiger partial charge >= 0.3 is 0 Å². The number of nitrogens with one attached hydrogen (secondary N) is 2. The van der Waals surface area contributed by atoms with Crippen molar-refractivity contribution in [3.63, 3.8) is 0 Å². The molecule has 3 aromatic rings. The lowest BCUT2D eigenvalue weighted by Crippen LogP contribution is -2.49. The number of aliphatic hydroxyl groups is 1. The Bertz CT molecular complexity index is 1480. The Morgan fingerprint density at radius 3 is 2.56 bits per heavy atom. The third-order valence-corrected chi connectivity index (χ3v) is 9.31. The number of aliphatic imine (C=N–C) groups is 1. The number of aryl methyl sites for hydroxylation is 1. The summed E-state index contributed by atoms with van der Waals surface area (Å²) in [6, 6.07) is 9.50. The van der Waals surface area contributed by atoms with Crippen LogP contribution in [0, 0.1) is 20.8 Å². The van der Waals surface area contributed by atoms with Gasteiger partial charge in [0.2, 0.25) is 11.9 Å². The molecule has 0 fully saturated rings. The molecule has 1 amide bonds. The monoisotopic (exact) mass is 632 g/mol. The van der Waals surface area contributed by atoms with Crippen LogP contribution < -0.4 is 26.2 Å². The maximum Gasteiger partial charge on any atom is 0.264 e. The Labute approximate surface area is 256 Å². The third kappa shape index (κ3) is 9.46. The second kappa shape index (κ2) is 15.8. The van der Waals surface area contributed by atoms with Gasteiger partial charge in [0.25, 0.3) is 10.0 Å². The standard InChI is InChI=1S/C29H40N6O6S2/c1-18-15-24(40-4)19(2)20(3)26(18)43(38,39)35-29(31)33-12-8-11-23(25(36)28-32-13-14-42-28)34-27(37)22(30)17-41-16-21-9-6-5-7-10-21/h5-7,9-10,13-15,22-23,25,36H,8,11-12,16-17,30H2,1-4H3,(H,34,37)(H3,31,33,35)/t22-,23-,25?/m0/s1. The van der Waals surface area contributed by atoms with Gasteiger partial charge in [-0.3, -0.25) is 9.79 Å². The average molecular weight is 633 g/mol. The minimum atomic E-state index is -4.01. The van der Waals surface area contributed by atoms with Crippen molar-refractivity contribution >= 4 is 33.2 Å². The number of aliphatic hydroxyl groups excluding tert-OH is 1. The molecule has 0 saturated heterocycles. The molecule has 1 unspecified atom stereocenters. The Kier molecular flexibility index (Phi) is 12.5. The first-order valence-corrected chi connectivity index (χ1v) is 16.0. The lowest BCUT2D eigenvalue weighted by Gasteiger charge is -2.24. The normalized spacial score (nSPS) is 14.1. The Hall–Kier alpha value is -3.56. The number of sulfonamides is 1. The zero-order valence-corrected chi connectivity index (χ0v) is 26.4. The first-order chi connectivity index (χ1) is 20.4. The maximum atomic E-state index is 13.1. The average Bonchev–Trinajstić information content (AvgIpc) is 3.51. The fourth-order valence-electron chi connectivity index (χ4n) is 4.48. The van der Waals surface area contributed by atoms with Gasteiger partial charge in [-0.15, -0.1) is 11.3 Å². The predicted molar refractivity (Wildman–Crippen MR) is 166 cm³/mol. The smallest absolute Gasteiger partial charge is 0.264 e. The van der Waals surface area contributed by atoms with E-state index in [-0.39, 0.29) is 24.0 Å². The van der Waals surface area contributed by atoms with E-state index in [4.69, 9.17) is 20.9 Å². The molecule has 7 N–H and O–H groups in total. The summed E-state index contributed by atoms with van der Waals surface area (Å²) in [7, 11) is -2.48. The SMILES string of the molecule is COc1cc(C)c(S(=O)(=O)NC(N)=NCCC[C@H](NC(=O)[C@@H](N)COCc2ccccc2)C(O)c2nccs2)c(C)c1C. The number of carbonyl (C=O) groups is 1. The number of rotatable bonds is 15. The number of benzene rings is 2. The van der Waals surface area contributed by atoms with Crippen LogP contribution in [-0.4, -0.2) is 62.7 Å². The van der Waals surface area contributed by atoms with Crippen molar-refractivity contribution in [3.8, 4) is 5.75 Å². The fraction of sp³-hybridized carbons (Fsp3) is 0.414. The molecule has 2 aromatic carbocycles. The van der Waals surface area contributed by atoms with Crippen molar-refractivity contribution in [1.82, 2.24) is 15.0 Å². The predicted octanol–water partition coefficient (Wildman–Crippen LogP) is 2.21. The Balaban J connectivity index is 1.59. The van der Waals surface area contributed by atoms with Crippen LogP contribution in [0.5, 0.6) is 5.75 Å². The number of thiazole rings is 1. The molecule has 0 spiro atoms. The van der Waals surface area contributed by atoms with Crippen LogP contribution in [-0.2, 0) is 26.2 Å². The Morgan fingerprint density at radius 1 is 1.19 bits per heavy atom. The molecule has 0 saturated carbocycles. The summed E-state index contributed by atoms with van der Waals surface area (Å²) in [5.41, 5.74) is 14.7. The molecule has 12 nitrogen and oxygen atoms in total. The van der Waals surface area contributed by atoms with Crippen LogP contribution in [0.3, 0.4) is 0 Å². The minimum absolute atomic E-state index is 0.00552. The number of amides is 1. The van der Waals surface area contributed by atoms with Gasteiger partial charge in [0.05, 0.1) is 31.3 Å². The number of guanidine groups is 1. The summed E-state index contributed by atoms with van der Waals surface area (Å²) in [4.78, 5) is 21.3. The molecule has 0 bridgehead atoms. The van der Waals surface area contributed by atoms with Crippen LogP contribution in [0.1, 0.15) is 46.2 Å². The van der Waals surface area contributed by atoms with Gasteiger partial charge in [0.1, 0.15) is 22.9 Å². The van der Waals surface area contributed by atoms with Gasteiger partial charge in [-0.2, -0.15) is 0 Å². The van der Waals surface area contributed by atoms with Crippen molar-refractivity contribution in [2.24, 2.45) is 16.5 Å². The number of methoxy groups -OCH3 is 1. The zero-order chi connectivity index (χ0) is 31.6. The highest BCUT2D eigenvalue weighted by Crippen LogP contribution is 2.30. The summed E-state index contributed by atoms with van der Waals surface area (Å²) in [5.74, 6) is -0.159. The van der Waals surface area contributed by atoms with Crippen LogP contribution in [0.15, 0.2) is 57.9 Å². The van der Waals surface area contributed by atoms with E-state index >= 15 is 0 Å². The van der Waals surface area contributed by atoms with Gasteiger partial charge in [-0.05, 0) is 61.9 Å². The van der Waals surface area contributed by atoms with Gasteiger partial charge in [0.15, 0.2) is 0 Å². The molecular weight excluding hydrogens is 592 g/mol. The van der Waals surface area contributed by atoms with Crippen molar-refractivity contribution < 1.29 is 27.8 Å². The van der Waals surface area contributed by atoms with Crippen molar-refractivity contribution in [1.29, 1.82) is 0 Å². The van der Waals surface area contributed by atoms with E-state index in [1.165, 1.54) is 18.4 Å². The van der Waals surface area contributed by atoms with Crippen LogP contribution in [0.2, 0.25) is 0 Å². The molecular formula is C29H40N6O6S2. The minimum Gasteiger partial charge on any atom is -0.496 e. The molecule has 0 aliphatic heterocycles. The number of carbonyl (C=O) groups excluding carboxylic acids is 1. The first-order valence-electron chi connectivity index (χ1n) is 13.7. The lowest BCUT2D eigenvalue weighted by atomic mass is 10.0. The third-order valence-electron chi connectivity index (χ3n) is 6.82. The van der Waals surface area contributed by atoms with E-state index in [1.54, 1.807) is 38.4 Å². The summed E-state index contributed by atoms with van der Waals surface area (Å²) in [5, 5.41) is 15.9. The van der Waals surface area contributed by atoms with Crippen molar-refractivity contribution in [2.75, 3.05) is 20.3 Å². The second-order valence-corrected chi connectivity index (χ2v) is 12.6. The number of nitrogens with zero attached hydrogens (tertiary/aromatic N) is 2. The topological polar surface area (TPSA) is 191 Å². The highest BCUT2D eigenvalue weighted by atomic mass is 32.2. The molecule has 1 aromatic heterocycles. The number of hydrogen-bond acceptors (Lipinski definition) is 10. The second-order valence-electron chi connectivity index (χ2n) is 10.0. The number of aromatic nitrogens is 1. The van der Waals surface area contributed by atoms with Gasteiger partial charge in [0, 0.05) is 18.1 Å². The quantitative estimate of drug-likeness (QED) is 0.0950. The van der Waals surface area contributed by atoms with E-state index in [1.807, 2.05) is 30.3 Å². The Morgan fingerprint density at radius 2 is 1.91 bits per heavy atom.